The molecule has 0 amide bonds. The summed E-state index contributed by atoms with van der Waals surface area (Å²) >= 11 is 0. The minimum atomic E-state index is -0.0780. The third-order valence-corrected chi connectivity index (χ3v) is 5.51. The topological polar surface area (TPSA) is 40.2 Å². The van der Waals surface area contributed by atoms with Gasteiger partial charge in [-0.05, 0) is 11.1 Å². The fourth-order valence-corrected chi connectivity index (χ4v) is 4.12. The smallest absolute Gasteiger partial charge is 0.147 e. The van der Waals surface area contributed by atoms with Crippen LogP contribution in [-0.2, 0) is 32.2 Å². The van der Waals surface area contributed by atoms with Crippen molar-refractivity contribution in [1.29, 1.82) is 0 Å². The molecule has 2 aromatic carbocycles. The molecule has 1 fully saturated rings. The molecule has 0 radical (unpaired) electrons. The molecule has 154 valence electrons. The van der Waals surface area contributed by atoms with Crippen LogP contribution in [0, 0.1) is 0 Å². The van der Waals surface area contributed by atoms with Gasteiger partial charge in [0.1, 0.15) is 12.9 Å². The average molecular weight is 395 g/mol. The van der Waals surface area contributed by atoms with Crippen molar-refractivity contribution in [1.82, 2.24) is 4.90 Å². The molecular weight excluding hydrogens is 366 g/mol. The number of rotatable bonds is 9. The molecule has 4 rings (SSSR count). The molecule has 2 aliphatic rings. The van der Waals surface area contributed by atoms with Crippen LogP contribution in [0.25, 0.3) is 0 Å². The zero-order valence-corrected chi connectivity index (χ0v) is 16.9. The molecule has 2 heterocycles. The first kappa shape index (κ1) is 20.3. The fourth-order valence-electron chi connectivity index (χ4n) is 4.12. The number of benzene rings is 2. The van der Waals surface area contributed by atoms with Crippen LogP contribution >= 0.6 is 0 Å². The Balaban J connectivity index is 1.48. The maximum absolute atomic E-state index is 6.45. The van der Waals surface area contributed by atoms with Crippen molar-refractivity contribution in [3.63, 3.8) is 0 Å². The monoisotopic (exact) mass is 395 g/mol. The molecule has 1 saturated heterocycles. The van der Waals surface area contributed by atoms with E-state index in [-0.39, 0.29) is 31.1 Å². The van der Waals surface area contributed by atoms with Crippen LogP contribution in [0.2, 0.25) is 0 Å². The van der Waals surface area contributed by atoms with Crippen molar-refractivity contribution in [2.45, 2.75) is 37.6 Å². The second kappa shape index (κ2) is 10.1. The van der Waals surface area contributed by atoms with Gasteiger partial charge in [0.05, 0.1) is 31.5 Å². The summed E-state index contributed by atoms with van der Waals surface area (Å²) in [5.74, 6) is 0. The molecule has 0 saturated carbocycles. The Morgan fingerprint density at radius 1 is 0.862 bits per heavy atom. The van der Waals surface area contributed by atoms with Crippen molar-refractivity contribution in [3.05, 3.63) is 83.9 Å². The Hall–Kier alpha value is -2.02. The van der Waals surface area contributed by atoms with Gasteiger partial charge in [0.2, 0.25) is 0 Å². The number of methoxy groups -OCH3 is 1. The minimum Gasteiger partial charge on any atom is -0.369 e. The Labute approximate surface area is 172 Å². The van der Waals surface area contributed by atoms with Gasteiger partial charge in [-0.2, -0.15) is 0 Å². The van der Waals surface area contributed by atoms with Crippen LogP contribution in [0.15, 0.2) is 72.8 Å². The predicted molar refractivity (Wildman–Crippen MR) is 111 cm³/mol. The molecule has 0 spiro atoms. The summed E-state index contributed by atoms with van der Waals surface area (Å²) in [6, 6.07) is 20.7. The van der Waals surface area contributed by atoms with Crippen molar-refractivity contribution in [3.8, 4) is 0 Å². The number of hydrogen-bond acceptors (Lipinski definition) is 5. The Kier molecular flexibility index (Phi) is 7.09. The first-order chi connectivity index (χ1) is 14.3. The second-order valence-corrected chi connectivity index (χ2v) is 7.51. The molecule has 4 atom stereocenters. The van der Waals surface area contributed by atoms with Crippen LogP contribution in [0.4, 0.5) is 0 Å². The highest BCUT2D eigenvalue weighted by Crippen LogP contribution is 2.31. The van der Waals surface area contributed by atoms with Crippen LogP contribution in [-0.4, -0.2) is 56.2 Å². The van der Waals surface area contributed by atoms with Gasteiger partial charge in [0, 0.05) is 20.2 Å². The van der Waals surface area contributed by atoms with Gasteiger partial charge in [-0.25, -0.2) is 0 Å². The molecular formula is C24H29NO4. The van der Waals surface area contributed by atoms with E-state index in [1.165, 1.54) is 5.56 Å². The first-order valence-corrected chi connectivity index (χ1v) is 10.2. The first-order valence-electron chi connectivity index (χ1n) is 10.2. The highest BCUT2D eigenvalue weighted by Gasteiger charge is 2.47. The zero-order chi connectivity index (χ0) is 19.9. The number of ether oxygens (including phenoxy) is 4. The van der Waals surface area contributed by atoms with Crippen LogP contribution in [0.5, 0.6) is 0 Å². The molecule has 0 aliphatic carbocycles. The van der Waals surface area contributed by atoms with Crippen LogP contribution < -0.4 is 0 Å². The summed E-state index contributed by atoms with van der Waals surface area (Å²) in [5, 5.41) is 0. The SMILES string of the molecule is COCO[C@@H]1C=CCN2C[C@@H](OCc3ccccc3)[C@@H](OCc3ccccc3)[C@@H]12. The van der Waals surface area contributed by atoms with Gasteiger partial charge in [0.25, 0.3) is 0 Å². The highest BCUT2D eigenvalue weighted by molar-refractivity contribution is 5.16. The van der Waals surface area contributed by atoms with Gasteiger partial charge >= 0.3 is 0 Å². The van der Waals surface area contributed by atoms with E-state index in [1.54, 1.807) is 7.11 Å². The predicted octanol–water partition coefficient (Wildman–Crippen LogP) is 3.40. The van der Waals surface area contributed by atoms with E-state index in [9.17, 15) is 0 Å². The van der Waals surface area contributed by atoms with E-state index in [1.807, 2.05) is 36.4 Å². The summed E-state index contributed by atoms with van der Waals surface area (Å²) in [6.07, 6.45) is 4.11. The molecule has 0 aromatic heterocycles. The molecule has 0 unspecified atom stereocenters. The number of hydrogen-bond donors (Lipinski definition) is 0. The quantitative estimate of drug-likeness (QED) is 0.481. The summed E-state index contributed by atoms with van der Waals surface area (Å²) in [4.78, 5) is 2.39. The van der Waals surface area contributed by atoms with E-state index in [2.05, 4.69) is 41.3 Å². The summed E-state index contributed by atoms with van der Waals surface area (Å²) < 4.78 is 23.9. The average Bonchev–Trinajstić information content (AvgIpc) is 3.14. The number of nitrogens with zero attached hydrogens (tertiary/aromatic N) is 1. The lowest BCUT2D eigenvalue weighted by atomic mass is 10.0. The third kappa shape index (κ3) is 5.13. The lowest BCUT2D eigenvalue weighted by Crippen LogP contribution is -2.49. The molecule has 0 N–H and O–H groups in total. The fraction of sp³-hybridized carbons (Fsp3) is 0.417. The maximum atomic E-state index is 6.45. The van der Waals surface area contributed by atoms with Crippen LogP contribution in [0.3, 0.4) is 0 Å². The largest absolute Gasteiger partial charge is 0.369 e. The van der Waals surface area contributed by atoms with E-state index in [4.69, 9.17) is 18.9 Å². The lowest BCUT2D eigenvalue weighted by Gasteiger charge is -2.35. The summed E-state index contributed by atoms with van der Waals surface area (Å²) in [6.45, 7) is 3.11. The lowest BCUT2D eigenvalue weighted by molar-refractivity contribution is -0.117. The maximum Gasteiger partial charge on any atom is 0.147 e. The van der Waals surface area contributed by atoms with Crippen molar-refractivity contribution in [2.75, 3.05) is 27.0 Å². The normalized spacial score (nSPS) is 26.5. The highest BCUT2D eigenvalue weighted by atomic mass is 16.7. The van der Waals surface area contributed by atoms with E-state index in [0.717, 1.165) is 18.7 Å². The standard InChI is InChI=1S/C24H29NO4/c1-26-18-29-21-13-8-14-25-15-22(27-16-19-9-4-2-5-10-19)24(23(21)25)28-17-20-11-6-3-7-12-20/h2-13,21-24H,14-18H2,1H3/t21-,22-,23-,24-/m1/s1. The van der Waals surface area contributed by atoms with E-state index < -0.39 is 0 Å². The van der Waals surface area contributed by atoms with Crippen molar-refractivity contribution >= 4 is 0 Å². The van der Waals surface area contributed by atoms with Crippen LogP contribution in [0.1, 0.15) is 11.1 Å². The Bertz CT molecular complexity index is 767. The Morgan fingerprint density at radius 3 is 2.17 bits per heavy atom. The van der Waals surface area contributed by atoms with Gasteiger partial charge in [-0.15, -0.1) is 0 Å². The molecule has 5 nitrogen and oxygen atoms in total. The van der Waals surface area contributed by atoms with Crippen molar-refractivity contribution in [2.24, 2.45) is 0 Å². The molecule has 0 bridgehead atoms. The second-order valence-electron chi connectivity index (χ2n) is 7.51. The molecule has 2 aromatic rings. The summed E-state index contributed by atoms with van der Waals surface area (Å²) in [7, 11) is 1.65. The van der Waals surface area contributed by atoms with Gasteiger partial charge in [-0.1, -0.05) is 72.8 Å². The molecule has 5 heteroatoms. The molecule has 2 aliphatic heterocycles. The third-order valence-electron chi connectivity index (χ3n) is 5.51. The van der Waals surface area contributed by atoms with Gasteiger partial charge in [0.15, 0.2) is 0 Å². The zero-order valence-electron chi connectivity index (χ0n) is 16.9. The van der Waals surface area contributed by atoms with E-state index in [0.29, 0.717) is 13.2 Å². The van der Waals surface area contributed by atoms with Gasteiger partial charge < -0.3 is 18.9 Å². The number of fused-ring (bicyclic) bond motifs is 1. The van der Waals surface area contributed by atoms with Crippen molar-refractivity contribution < 1.29 is 18.9 Å². The summed E-state index contributed by atoms with van der Waals surface area (Å²) in [5.41, 5.74) is 2.33. The Morgan fingerprint density at radius 2 is 1.52 bits per heavy atom. The minimum absolute atomic E-state index is 0.0162. The molecule has 29 heavy (non-hydrogen) atoms. The van der Waals surface area contributed by atoms with E-state index >= 15 is 0 Å². The van der Waals surface area contributed by atoms with Gasteiger partial charge in [-0.3, -0.25) is 4.90 Å².